The molecule has 256 valence electrons. The number of carboxylic acid groups (broad SMARTS) is 1. The molecule has 0 rings (SSSR count). The highest BCUT2D eigenvalue weighted by Crippen LogP contribution is 2.05. The quantitative estimate of drug-likeness (QED) is 0.0370. The first-order valence-electron chi connectivity index (χ1n) is 13.6. The lowest BCUT2D eigenvalue weighted by molar-refractivity contribution is -0.139. The fourth-order valence-electron chi connectivity index (χ4n) is 3.42. The molecule has 0 radical (unpaired) electrons. The Balaban J connectivity index is 5.48. The standard InChI is InChI=1S/C25H43N7O11S2/c1-13(28-22(39)15(6-8-44-4)29-18(35)12-43-26-3)21(38)31-17(11-33)24(41)30-16(7-9-45-5)23(40)32-20(14(2)34)25(42)27-10-19(36)37/h13-17,20,33-34H,3,6-12H2,1-2,4-5H3,(H,27,42)(H,28,39)(H,29,35)(H,30,41)(H,31,38)(H,32,40)(H,36,37)/t13-,14?,15-,16-,17-,20-/m0/s1. The number of oxime groups is 1. The Labute approximate surface area is 269 Å². The molecule has 0 aliphatic carbocycles. The molecule has 0 saturated carbocycles. The number of carbonyl (C=O) groups excluding carboxylic acids is 6. The predicted octanol–water partition coefficient (Wildman–Crippen LogP) is -3.86. The second-order valence-electron chi connectivity index (χ2n) is 9.46. The highest BCUT2D eigenvalue weighted by molar-refractivity contribution is 7.98. The van der Waals surface area contributed by atoms with Gasteiger partial charge >= 0.3 is 5.97 Å². The molecule has 1 unspecified atom stereocenters. The zero-order valence-electron chi connectivity index (χ0n) is 25.5. The number of hydrogen-bond donors (Lipinski definition) is 9. The third-order valence-corrected chi connectivity index (χ3v) is 7.12. The Morgan fingerprint density at radius 1 is 0.778 bits per heavy atom. The second-order valence-corrected chi connectivity index (χ2v) is 11.4. The van der Waals surface area contributed by atoms with Crippen molar-refractivity contribution in [2.24, 2.45) is 5.16 Å². The maximum atomic E-state index is 13.0. The van der Waals surface area contributed by atoms with Crippen LogP contribution in [-0.2, 0) is 38.4 Å². The molecule has 0 spiro atoms. The molecule has 0 bridgehead atoms. The number of thioether (sulfide) groups is 2. The van der Waals surface area contributed by atoms with Crippen molar-refractivity contribution in [1.82, 2.24) is 31.9 Å². The number of hydrogen-bond acceptors (Lipinski definition) is 13. The lowest BCUT2D eigenvalue weighted by Crippen LogP contribution is -2.60. The van der Waals surface area contributed by atoms with Crippen molar-refractivity contribution in [3.63, 3.8) is 0 Å². The summed E-state index contributed by atoms with van der Waals surface area (Å²) < 4.78 is 0. The molecule has 0 saturated heterocycles. The van der Waals surface area contributed by atoms with Gasteiger partial charge in [0.25, 0.3) is 5.91 Å². The minimum absolute atomic E-state index is 0.0532. The number of aliphatic hydroxyl groups excluding tert-OH is 2. The van der Waals surface area contributed by atoms with E-state index < -0.39 is 97.5 Å². The maximum absolute atomic E-state index is 13.0. The Kier molecular flexibility index (Phi) is 21.0. The van der Waals surface area contributed by atoms with Crippen molar-refractivity contribution in [2.45, 2.75) is 63.0 Å². The number of aliphatic carboxylic acids is 1. The molecule has 6 atom stereocenters. The van der Waals surface area contributed by atoms with Gasteiger partial charge < -0.3 is 52.1 Å². The highest BCUT2D eigenvalue weighted by Gasteiger charge is 2.32. The molecule has 0 aromatic rings. The lowest BCUT2D eigenvalue weighted by atomic mass is 10.1. The van der Waals surface area contributed by atoms with Crippen LogP contribution in [0.2, 0.25) is 0 Å². The van der Waals surface area contributed by atoms with E-state index in [1.807, 2.05) is 0 Å². The van der Waals surface area contributed by atoms with Gasteiger partial charge in [-0.05, 0) is 50.7 Å². The van der Waals surface area contributed by atoms with E-state index in [9.17, 15) is 43.8 Å². The number of nitrogens with zero attached hydrogens (tertiary/aromatic N) is 1. The van der Waals surface area contributed by atoms with Gasteiger partial charge in [0.15, 0.2) is 6.61 Å². The van der Waals surface area contributed by atoms with Gasteiger partial charge in [-0.2, -0.15) is 23.5 Å². The van der Waals surface area contributed by atoms with E-state index >= 15 is 0 Å². The first-order chi connectivity index (χ1) is 21.2. The summed E-state index contributed by atoms with van der Waals surface area (Å²) in [5, 5.41) is 45.6. The predicted molar refractivity (Wildman–Crippen MR) is 166 cm³/mol. The molecule has 45 heavy (non-hydrogen) atoms. The molecule has 0 aliphatic heterocycles. The molecule has 0 heterocycles. The largest absolute Gasteiger partial charge is 0.480 e. The average Bonchev–Trinajstić information content (AvgIpc) is 2.99. The normalized spacial score (nSPS) is 14.6. The van der Waals surface area contributed by atoms with Crippen molar-refractivity contribution in [1.29, 1.82) is 0 Å². The summed E-state index contributed by atoms with van der Waals surface area (Å²) in [6, 6.07) is -6.60. The number of aliphatic hydroxyl groups is 2. The van der Waals surface area contributed by atoms with Gasteiger partial charge in [0.05, 0.1) is 12.7 Å². The Bertz CT molecular complexity index is 1040. The number of rotatable bonds is 23. The maximum Gasteiger partial charge on any atom is 0.322 e. The first kappa shape index (κ1) is 41.4. The number of carbonyl (C=O) groups is 7. The summed E-state index contributed by atoms with van der Waals surface area (Å²) in [6.07, 6.45) is 2.40. The van der Waals surface area contributed by atoms with E-state index in [2.05, 4.69) is 48.6 Å². The van der Waals surface area contributed by atoms with Crippen LogP contribution in [0.5, 0.6) is 0 Å². The second kappa shape index (κ2) is 22.8. The van der Waals surface area contributed by atoms with Crippen LogP contribution in [0, 0.1) is 0 Å². The summed E-state index contributed by atoms with van der Waals surface area (Å²) in [7, 11) is 0. The summed E-state index contributed by atoms with van der Waals surface area (Å²) in [5.41, 5.74) is 0. The van der Waals surface area contributed by atoms with Crippen LogP contribution in [-0.4, -0.2) is 144 Å². The van der Waals surface area contributed by atoms with E-state index in [1.165, 1.54) is 37.4 Å². The molecule has 0 aromatic carbocycles. The van der Waals surface area contributed by atoms with Crippen molar-refractivity contribution < 1.29 is 53.7 Å². The molecule has 0 aliphatic rings. The fraction of sp³-hybridized carbons (Fsp3) is 0.680. The fourth-order valence-corrected chi connectivity index (χ4v) is 4.37. The van der Waals surface area contributed by atoms with E-state index in [-0.39, 0.29) is 12.8 Å². The van der Waals surface area contributed by atoms with Crippen LogP contribution in [0.4, 0.5) is 0 Å². The topological polar surface area (TPSA) is 274 Å². The van der Waals surface area contributed by atoms with Gasteiger partial charge in [0, 0.05) is 6.72 Å². The van der Waals surface area contributed by atoms with Crippen LogP contribution in [0.1, 0.15) is 26.7 Å². The van der Waals surface area contributed by atoms with Crippen LogP contribution in [0.25, 0.3) is 0 Å². The molecule has 20 heteroatoms. The molecule has 0 aromatic heterocycles. The van der Waals surface area contributed by atoms with Gasteiger partial charge in [0.1, 0.15) is 36.8 Å². The smallest absolute Gasteiger partial charge is 0.322 e. The van der Waals surface area contributed by atoms with E-state index in [4.69, 9.17) is 5.11 Å². The first-order valence-corrected chi connectivity index (χ1v) is 16.4. The third kappa shape index (κ3) is 16.9. The third-order valence-electron chi connectivity index (χ3n) is 5.84. The number of carboxylic acids is 1. The zero-order chi connectivity index (χ0) is 34.5. The monoisotopic (exact) mass is 681 g/mol. The SMILES string of the molecule is C=NOCC(=O)N[C@@H](CCSC)C(=O)N[C@@H](C)C(=O)N[C@@H](CO)C(=O)N[C@@H](CCSC)C(=O)N[C@H](C(=O)NCC(=O)O)C(C)O. The molecule has 6 amide bonds. The molecular weight excluding hydrogens is 638 g/mol. The summed E-state index contributed by atoms with van der Waals surface area (Å²) in [5.74, 6) is -5.48. The average molecular weight is 682 g/mol. The van der Waals surface area contributed by atoms with E-state index in [0.717, 1.165) is 0 Å². The van der Waals surface area contributed by atoms with Crippen LogP contribution >= 0.6 is 23.5 Å². The van der Waals surface area contributed by atoms with E-state index in [0.29, 0.717) is 11.5 Å². The van der Waals surface area contributed by atoms with Gasteiger partial charge in [-0.25, -0.2) is 0 Å². The van der Waals surface area contributed by atoms with Gasteiger partial charge in [-0.3, -0.25) is 33.6 Å². The Hall–Kier alpha value is -3.62. The highest BCUT2D eigenvalue weighted by atomic mass is 32.2. The zero-order valence-corrected chi connectivity index (χ0v) is 27.1. The molecule has 0 fully saturated rings. The molecule has 18 nitrogen and oxygen atoms in total. The van der Waals surface area contributed by atoms with Crippen LogP contribution < -0.4 is 31.9 Å². The lowest BCUT2D eigenvalue weighted by Gasteiger charge is -2.26. The van der Waals surface area contributed by atoms with Crippen LogP contribution in [0.3, 0.4) is 0 Å². The molecule has 9 N–H and O–H groups in total. The van der Waals surface area contributed by atoms with Crippen molar-refractivity contribution in [2.75, 3.05) is 43.8 Å². The minimum atomic E-state index is -1.55. The van der Waals surface area contributed by atoms with E-state index in [1.54, 1.807) is 12.5 Å². The number of amides is 6. The summed E-state index contributed by atoms with van der Waals surface area (Å²) in [4.78, 5) is 91.2. The van der Waals surface area contributed by atoms with Gasteiger partial charge in [-0.1, -0.05) is 0 Å². The van der Waals surface area contributed by atoms with Crippen molar-refractivity contribution >= 4 is 71.7 Å². The number of nitrogens with one attached hydrogen (secondary N) is 6. The van der Waals surface area contributed by atoms with Crippen molar-refractivity contribution in [3.8, 4) is 0 Å². The minimum Gasteiger partial charge on any atom is -0.480 e. The van der Waals surface area contributed by atoms with Crippen LogP contribution in [0.15, 0.2) is 5.16 Å². The Morgan fingerprint density at radius 2 is 1.29 bits per heavy atom. The Morgan fingerprint density at radius 3 is 1.78 bits per heavy atom. The molecular formula is C25H43N7O11S2. The summed E-state index contributed by atoms with van der Waals surface area (Å²) in [6.45, 7) is 3.50. The van der Waals surface area contributed by atoms with Gasteiger partial charge in [0.2, 0.25) is 29.5 Å². The van der Waals surface area contributed by atoms with Crippen molar-refractivity contribution in [3.05, 3.63) is 0 Å². The van der Waals surface area contributed by atoms with Gasteiger partial charge in [-0.15, -0.1) is 5.16 Å². The summed E-state index contributed by atoms with van der Waals surface area (Å²) >= 11 is 2.77.